The molecule has 0 aliphatic heterocycles. The van der Waals surface area contributed by atoms with Gasteiger partial charge in [0.15, 0.2) is 0 Å². The van der Waals surface area contributed by atoms with Crippen molar-refractivity contribution in [1.29, 1.82) is 0 Å². The van der Waals surface area contributed by atoms with Crippen molar-refractivity contribution >= 4 is 29.3 Å². The molecule has 0 fully saturated rings. The zero-order valence-electron chi connectivity index (χ0n) is 9.82. The molecular formula is C11H11F3N2O2S. The average Bonchev–Trinajstić information content (AvgIpc) is 2.27. The number of thioether (sulfide) groups is 1. The molecule has 0 radical (unpaired) electrons. The summed E-state index contributed by atoms with van der Waals surface area (Å²) in [7, 11) is 0. The Labute approximate surface area is 111 Å². The van der Waals surface area contributed by atoms with E-state index >= 15 is 0 Å². The maximum atomic E-state index is 12.1. The molecule has 1 atom stereocenters. The molecule has 8 heteroatoms. The van der Waals surface area contributed by atoms with E-state index in [2.05, 4.69) is 5.32 Å². The average molecular weight is 292 g/mol. The van der Waals surface area contributed by atoms with E-state index in [0.717, 1.165) is 6.92 Å². The van der Waals surface area contributed by atoms with E-state index in [-0.39, 0.29) is 5.56 Å². The number of hydrogen-bond donors (Lipinski definition) is 2. The molecule has 19 heavy (non-hydrogen) atoms. The summed E-state index contributed by atoms with van der Waals surface area (Å²) in [4.78, 5) is 22.3. The van der Waals surface area contributed by atoms with Crippen molar-refractivity contribution in [2.75, 3.05) is 5.32 Å². The summed E-state index contributed by atoms with van der Waals surface area (Å²) >= 11 is -0.394. The number of alkyl halides is 3. The van der Waals surface area contributed by atoms with E-state index in [9.17, 15) is 22.8 Å². The van der Waals surface area contributed by atoms with E-state index in [1.165, 1.54) is 24.3 Å². The number of rotatable bonds is 4. The third kappa shape index (κ3) is 5.21. The van der Waals surface area contributed by atoms with E-state index in [1.807, 2.05) is 0 Å². The largest absolute Gasteiger partial charge is 0.442 e. The van der Waals surface area contributed by atoms with Crippen molar-refractivity contribution < 1.29 is 22.8 Å². The Morgan fingerprint density at radius 3 is 2.21 bits per heavy atom. The molecule has 1 rings (SSSR count). The van der Waals surface area contributed by atoms with Crippen LogP contribution in [0.25, 0.3) is 0 Å². The van der Waals surface area contributed by atoms with Gasteiger partial charge < -0.3 is 11.1 Å². The van der Waals surface area contributed by atoms with Gasteiger partial charge in [0.2, 0.25) is 11.8 Å². The molecule has 0 aliphatic carbocycles. The Balaban J connectivity index is 2.64. The number of amides is 2. The van der Waals surface area contributed by atoms with Gasteiger partial charge in [0, 0.05) is 11.3 Å². The molecule has 2 amide bonds. The molecular weight excluding hydrogens is 281 g/mol. The highest BCUT2D eigenvalue weighted by molar-refractivity contribution is 8.01. The van der Waals surface area contributed by atoms with Crippen LogP contribution in [0.3, 0.4) is 0 Å². The summed E-state index contributed by atoms with van der Waals surface area (Å²) in [5.74, 6) is -1.40. The van der Waals surface area contributed by atoms with Crippen LogP contribution in [0.4, 0.5) is 18.9 Å². The first-order valence-electron chi connectivity index (χ1n) is 5.14. The number of benzene rings is 1. The molecule has 4 nitrogen and oxygen atoms in total. The number of carbonyl (C=O) groups is 2. The van der Waals surface area contributed by atoms with E-state index < -0.39 is 34.3 Å². The van der Waals surface area contributed by atoms with Gasteiger partial charge in [-0.3, -0.25) is 9.59 Å². The van der Waals surface area contributed by atoms with Gasteiger partial charge in [0.1, 0.15) is 0 Å². The van der Waals surface area contributed by atoms with Gasteiger partial charge in [-0.2, -0.15) is 13.2 Å². The predicted octanol–water partition coefficient (Wildman–Crippen LogP) is 2.37. The lowest BCUT2D eigenvalue weighted by molar-refractivity contribution is -0.115. The Kier molecular flexibility index (Phi) is 4.82. The maximum absolute atomic E-state index is 12.1. The van der Waals surface area contributed by atoms with Crippen molar-refractivity contribution in [3.05, 3.63) is 29.8 Å². The number of nitrogens with one attached hydrogen (secondary N) is 1. The highest BCUT2D eigenvalue weighted by Gasteiger charge is 2.34. The second-order valence-corrected chi connectivity index (χ2v) is 5.04. The Bertz CT molecular complexity index is 474. The molecule has 0 spiro atoms. The van der Waals surface area contributed by atoms with Crippen LogP contribution in [0.15, 0.2) is 24.3 Å². The molecule has 1 aromatic carbocycles. The quantitative estimate of drug-likeness (QED) is 0.895. The van der Waals surface area contributed by atoms with Gasteiger partial charge in [0.25, 0.3) is 0 Å². The monoisotopic (exact) mass is 292 g/mol. The van der Waals surface area contributed by atoms with Crippen LogP contribution in [0.5, 0.6) is 0 Å². The van der Waals surface area contributed by atoms with Gasteiger partial charge in [0.05, 0.1) is 5.25 Å². The summed E-state index contributed by atoms with van der Waals surface area (Å²) in [5, 5.41) is 1.05. The zero-order chi connectivity index (χ0) is 14.6. The van der Waals surface area contributed by atoms with Crippen molar-refractivity contribution in [3.63, 3.8) is 0 Å². The van der Waals surface area contributed by atoms with Crippen LogP contribution in [0, 0.1) is 0 Å². The number of nitrogens with two attached hydrogens (primary N) is 1. The summed E-state index contributed by atoms with van der Waals surface area (Å²) < 4.78 is 36.2. The minimum Gasteiger partial charge on any atom is -0.366 e. The van der Waals surface area contributed by atoms with Crippen LogP contribution in [0.1, 0.15) is 17.3 Å². The predicted molar refractivity (Wildman–Crippen MR) is 66.7 cm³/mol. The molecule has 1 aromatic rings. The van der Waals surface area contributed by atoms with E-state index in [4.69, 9.17) is 5.73 Å². The number of hydrogen-bond acceptors (Lipinski definition) is 3. The van der Waals surface area contributed by atoms with Gasteiger partial charge in [-0.1, -0.05) is 0 Å². The first kappa shape index (κ1) is 15.4. The molecule has 0 aromatic heterocycles. The number of anilines is 1. The molecule has 0 heterocycles. The third-order valence-electron chi connectivity index (χ3n) is 2.12. The number of halogens is 3. The lowest BCUT2D eigenvalue weighted by Crippen LogP contribution is -2.25. The Hall–Kier alpha value is -1.70. The normalized spacial score (nSPS) is 12.8. The molecule has 0 bridgehead atoms. The lowest BCUT2D eigenvalue weighted by Gasteiger charge is -2.13. The molecule has 104 valence electrons. The minimum atomic E-state index is -4.47. The molecule has 0 saturated heterocycles. The van der Waals surface area contributed by atoms with Crippen LogP contribution < -0.4 is 11.1 Å². The summed E-state index contributed by atoms with van der Waals surface area (Å²) in [6.07, 6.45) is 0. The van der Waals surface area contributed by atoms with Gasteiger partial charge in [-0.05, 0) is 43.0 Å². The lowest BCUT2D eigenvalue weighted by atomic mass is 10.2. The standard InChI is InChI=1S/C11H11F3N2O2S/c1-6(19-11(12,13)14)10(18)16-8-4-2-7(3-5-8)9(15)17/h2-6H,1H3,(H2,15,17)(H,16,18)/t6-/m1/s1. The second kappa shape index (κ2) is 5.96. The van der Waals surface area contributed by atoms with Crippen molar-refractivity contribution in [1.82, 2.24) is 0 Å². The number of primary amides is 1. The number of carbonyl (C=O) groups excluding carboxylic acids is 2. The van der Waals surface area contributed by atoms with Crippen LogP contribution in [-0.4, -0.2) is 22.6 Å². The first-order valence-corrected chi connectivity index (χ1v) is 6.02. The second-order valence-electron chi connectivity index (χ2n) is 3.64. The molecule has 3 N–H and O–H groups in total. The highest BCUT2D eigenvalue weighted by atomic mass is 32.2. The molecule has 0 unspecified atom stereocenters. The van der Waals surface area contributed by atoms with Crippen LogP contribution >= 0.6 is 11.8 Å². The first-order chi connectivity index (χ1) is 8.69. The molecule has 0 aliphatic rings. The van der Waals surface area contributed by atoms with Gasteiger partial charge >= 0.3 is 5.51 Å². The summed E-state index contributed by atoms with van der Waals surface area (Å²) in [6, 6.07) is 5.53. The van der Waals surface area contributed by atoms with Crippen LogP contribution in [-0.2, 0) is 4.79 Å². The van der Waals surface area contributed by atoms with Crippen molar-refractivity contribution in [2.24, 2.45) is 5.73 Å². The Morgan fingerprint density at radius 1 is 1.26 bits per heavy atom. The maximum Gasteiger partial charge on any atom is 0.442 e. The SMILES string of the molecule is C[C@@H](SC(F)(F)F)C(=O)Nc1ccc(C(N)=O)cc1. The van der Waals surface area contributed by atoms with E-state index in [0.29, 0.717) is 5.69 Å². The Morgan fingerprint density at radius 2 is 1.79 bits per heavy atom. The van der Waals surface area contributed by atoms with Gasteiger partial charge in [-0.15, -0.1) is 0 Å². The summed E-state index contributed by atoms with van der Waals surface area (Å²) in [6.45, 7) is 1.16. The third-order valence-corrected chi connectivity index (χ3v) is 2.95. The molecule has 0 saturated carbocycles. The fourth-order valence-electron chi connectivity index (χ4n) is 1.22. The van der Waals surface area contributed by atoms with Crippen LogP contribution in [0.2, 0.25) is 0 Å². The summed E-state index contributed by atoms with van der Waals surface area (Å²) in [5.41, 5.74) is 1.10. The fourth-order valence-corrected chi connectivity index (χ4v) is 1.78. The topological polar surface area (TPSA) is 72.2 Å². The van der Waals surface area contributed by atoms with E-state index in [1.54, 1.807) is 0 Å². The van der Waals surface area contributed by atoms with Crippen molar-refractivity contribution in [2.45, 2.75) is 17.7 Å². The highest BCUT2D eigenvalue weighted by Crippen LogP contribution is 2.34. The minimum absolute atomic E-state index is 0.246. The fraction of sp³-hybridized carbons (Fsp3) is 0.273. The zero-order valence-corrected chi connectivity index (χ0v) is 10.6. The van der Waals surface area contributed by atoms with Gasteiger partial charge in [-0.25, -0.2) is 0 Å². The van der Waals surface area contributed by atoms with Crippen molar-refractivity contribution in [3.8, 4) is 0 Å². The smallest absolute Gasteiger partial charge is 0.366 e.